The molecular formula is C18H26N2O2+2. The zero-order chi connectivity index (χ0) is 15.4. The normalized spacial score (nSPS) is 23.4. The number of hydrogen-bond acceptors (Lipinski definition) is 2. The SMILES string of the molecule is C[NH+]1CC[NH+](C[C@@H](O)COc2cccc3ccccc23)CC1. The van der Waals surface area contributed by atoms with Gasteiger partial charge in [-0.1, -0.05) is 36.4 Å². The van der Waals surface area contributed by atoms with Gasteiger partial charge in [-0.2, -0.15) is 0 Å². The van der Waals surface area contributed by atoms with Crippen LogP contribution in [-0.4, -0.2) is 57.6 Å². The minimum atomic E-state index is -0.410. The highest BCUT2D eigenvalue weighted by molar-refractivity contribution is 5.88. The summed E-state index contributed by atoms with van der Waals surface area (Å²) < 4.78 is 5.88. The van der Waals surface area contributed by atoms with E-state index in [1.54, 1.807) is 4.90 Å². The number of hydrogen-bond donors (Lipinski definition) is 3. The van der Waals surface area contributed by atoms with Gasteiger partial charge in [0.1, 0.15) is 51.2 Å². The van der Waals surface area contributed by atoms with Crippen molar-refractivity contribution in [1.82, 2.24) is 0 Å². The Hall–Kier alpha value is -1.62. The summed E-state index contributed by atoms with van der Waals surface area (Å²) in [7, 11) is 2.23. The van der Waals surface area contributed by atoms with Crippen LogP contribution in [0.3, 0.4) is 0 Å². The Labute approximate surface area is 131 Å². The topological polar surface area (TPSA) is 38.3 Å². The molecule has 3 rings (SSSR count). The molecule has 0 unspecified atom stereocenters. The van der Waals surface area contributed by atoms with Crippen LogP contribution in [0.2, 0.25) is 0 Å². The fraction of sp³-hybridized carbons (Fsp3) is 0.444. The number of piperazine rings is 1. The van der Waals surface area contributed by atoms with Gasteiger partial charge < -0.3 is 19.6 Å². The molecule has 0 amide bonds. The summed E-state index contributed by atoms with van der Waals surface area (Å²) in [4.78, 5) is 3.07. The Kier molecular flexibility index (Phi) is 4.93. The van der Waals surface area contributed by atoms with Gasteiger partial charge in [-0.05, 0) is 11.5 Å². The third kappa shape index (κ3) is 3.77. The average molecular weight is 302 g/mol. The van der Waals surface area contributed by atoms with Gasteiger partial charge in [0, 0.05) is 5.39 Å². The second-order valence-corrected chi connectivity index (χ2v) is 6.35. The summed E-state index contributed by atoms with van der Waals surface area (Å²) in [5.41, 5.74) is 0. The molecule has 0 spiro atoms. The van der Waals surface area contributed by atoms with Crippen LogP contribution in [0.4, 0.5) is 0 Å². The number of nitrogens with one attached hydrogen (secondary N) is 2. The van der Waals surface area contributed by atoms with Crippen molar-refractivity contribution in [1.29, 1.82) is 0 Å². The molecule has 0 aromatic heterocycles. The number of aliphatic hydroxyl groups excluding tert-OH is 1. The van der Waals surface area contributed by atoms with Gasteiger partial charge in [0.2, 0.25) is 0 Å². The first-order valence-corrected chi connectivity index (χ1v) is 8.16. The molecule has 0 aliphatic carbocycles. The Balaban J connectivity index is 1.55. The van der Waals surface area contributed by atoms with Crippen molar-refractivity contribution in [2.24, 2.45) is 0 Å². The standard InChI is InChI=1S/C18H24N2O2/c1-19-9-11-20(12-10-19)13-16(21)14-22-18-8-4-6-15-5-2-3-7-17(15)18/h2-8,16,21H,9-14H2,1H3/p+2/t16-/m1/s1. The van der Waals surface area contributed by atoms with Crippen LogP contribution in [-0.2, 0) is 0 Å². The van der Waals surface area contributed by atoms with Gasteiger partial charge in [0.05, 0.1) is 7.05 Å². The number of likely N-dealkylation sites (N-methyl/N-ethyl adjacent to an activating group) is 1. The maximum atomic E-state index is 10.2. The number of rotatable bonds is 5. The first-order chi connectivity index (χ1) is 10.7. The molecule has 1 aliphatic heterocycles. The maximum absolute atomic E-state index is 10.2. The molecule has 4 heteroatoms. The molecule has 4 nitrogen and oxygen atoms in total. The minimum Gasteiger partial charge on any atom is -0.490 e. The van der Waals surface area contributed by atoms with Crippen molar-refractivity contribution in [3.8, 4) is 5.75 Å². The lowest BCUT2D eigenvalue weighted by Crippen LogP contribution is -3.27. The number of fused-ring (bicyclic) bond motifs is 1. The second-order valence-electron chi connectivity index (χ2n) is 6.35. The first kappa shape index (κ1) is 15.3. The van der Waals surface area contributed by atoms with E-state index in [4.69, 9.17) is 4.74 Å². The molecule has 2 aromatic rings. The summed E-state index contributed by atoms with van der Waals surface area (Å²) in [6.45, 7) is 5.78. The molecule has 118 valence electrons. The summed E-state index contributed by atoms with van der Waals surface area (Å²) >= 11 is 0. The van der Waals surface area contributed by atoms with E-state index in [0.29, 0.717) is 6.61 Å². The third-order valence-electron chi connectivity index (χ3n) is 4.52. The van der Waals surface area contributed by atoms with E-state index in [0.717, 1.165) is 30.8 Å². The maximum Gasteiger partial charge on any atom is 0.137 e. The third-order valence-corrected chi connectivity index (χ3v) is 4.52. The fourth-order valence-electron chi connectivity index (χ4n) is 3.13. The first-order valence-electron chi connectivity index (χ1n) is 8.16. The van der Waals surface area contributed by atoms with Gasteiger partial charge >= 0.3 is 0 Å². The lowest BCUT2D eigenvalue weighted by atomic mass is 10.1. The van der Waals surface area contributed by atoms with E-state index in [1.165, 1.54) is 23.4 Å². The molecule has 1 saturated heterocycles. The monoisotopic (exact) mass is 302 g/mol. The average Bonchev–Trinajstić information content (AvgIpc) is 2.55. The van der Waals surface area contributed by atoms with E-state index in [2.05, 4.69) is 25.2 Å². The lowest BCUT2D eigenvalue weighted by molar-refractivity contribution is -1.00. The molecule has 1 fully saturated rings. The van der Waals surface area contributed by atoms with Crippen molar-refractivity contribution in [2.75, 3.05) is 46.4 Å². The van der Waals surface area contributed by atoms with Crippen LogP contribution < -0.4 is 14.5 Å². The van der Waals surface area contributed by atoms with Crippen molar-refractivity contribution in [3.63, 3.8) is 0 Å². The molecule has 1 heterocycles. The van der Waals surface area contributed by atoms with E-state index in [9.17, 15) is 5.11 Å². The van der Waals surface area contributed by atoms with Crippen LogP contribution in [0.15, 0.2) is 42.5 Å². The number of aliphatic hydroxyl groups is 1. The molecule has 0 radical (unpaired) electrons. The summed E-state index contributed by atoms with van der Waals surface area (Å²) in [6.07, 6.45) is -0.410. The zero-order valence-corrected chi connectivity index (χ0v) is 13.2. The molecule has 0 bridgehead atoms. The highest BCUT2D eigenvalue weighted by atomic mass is 16.5. The van der Waals surface area contributed by atoms with Crippen LogP contribution in [0, 0.1) is 0 Å². The van der Waals surface area contributed by atoms with Crippen molar-refractivity contribution >= 4 is 10.8 Å². The number of ether oxygens (including phenoxy) is 1. The predicted octanol–water partition coefficient (Wildman–Crippen LogP) is -1.01. The smallest absolute Gasteiger partial charge is 0.137 e. The van der Waals surface area contributed by atoms with Crippen molar-refractivity contribution < 1.29 is 19.6 Å². The molecule has 1 atom stereocenters. The number of quaternary nitrogens is 2. The van der Waals surface area contributed by atoms with E-state index in [1.807, 2.05) is 24.3 Å². The Morgan fingerprint density at radius 2 is 1.77 bits per heavy atom. The van der Waals surface area contributed by atoms with Crippen LogP contribution in [0.5, 0.6) is 5.75 Å². The predicted molar refractivity (Wildman–Crippen MR) is 87.6 cm³/mol. The Morgan fingerprint density at radius 3 is 2.59 bits per heavy atom. The van der Waals surface area contributed by atoms with Crippen LogP contribution >= 0.6 is 0 Å². The molecule has 2 aromatic carbocycles. The van der Waals surface area contributed by atoms with Crippen molar-refractivity contribution in [2.45, 2.75) is 6.10 Å². The summed E-state index contributed by atoms with van der Waals surface area (Å²) in [5, 5.41) is 12.5. The van der Waals surface area contributed by atoms with Gasteiger partial charge in [-0.3, -0.25) is 0 Å². The van der Waals surface area contributed by atoms with Gasteiger partial charge in [-0.25, -0.2) is 0 Å². The van der Waals surface area contributed by atoms with E-state index < -0.39 is 6.10 Å². The quantitative estimate of drug-likeness (QED) is 0.662. The summed E-state index contributed by atoms with van der Waals surface area (Å²) in [5.74, 6) is 0.856. The molecule has 0 saturated carbocycles. The van der Waals surface area contributed by atoms with E-state index >= 15 is 0 Å². The number of benzene rings is 2. The highest BCUT2D eigenvalue weighted by Crippen LogP contribution is 2.25. The molecule has 3 N–H and O–H groups in total. The largest absolute Gasteiger partial charge is 0.490 e. The summed E-state index contributed by atoms with van der Waals surface area (Å²) in [6, 6.07) is 14.2. The zero-order valence-electron chi connectivity index (χ0n) is 13.2. The van der Waals surface area contributed by atoms with Crippen LogP contribution in [0.1, 0.15) is 0 Å². The Bertz CT molecular complexity index is 604. The second kappa shape index (κ2) is 7.09. The molecule has 1 aliphatic rings. The highest BCUT2D eigenvalue weighted by Gasteiger charge is 2.22. The minimum absolute atomic E-state index is 0.361. The van der Waals surface area contributed by atoms with Gasteiger partial charge in [0.15, 0.2) is 0 Å². The molecule has 22 heavy (non-hydrogen) atoms. The van der Waals surface area contributed by atoms with Gasteiger partial charge in [-0.15, -0.1) is 0 Å². The van der Waals surface area contributed by atoms with E-state index in [-0.39, 0.29) is 0 Å². The van der Waals surface area contributed by atoms with Gasteiger partial charge in [0.25, 0.3) is 0 Å². The fourth-order valence-corrected chi connectivity index (χ4v) is 3.13. The van der Waals surface area contributed by atoms with Crippen LogP contribution in [0.25, 0.3) is 10.8 Å². The Morgan fingerprint density at radius 1 is 1.05 bits per heavy atom. The molecular weight excluding hydrogens is 276 g/mol. The lowest BCUT2D eigenvalue weighted by Gasteiger charge is -2.28. The van der Waals surface area contributed by atoms with Crippen molar-refractivity contribution in [3.05, 3.63) is 42.5 Å².